The van der Waals surface area contributed by atoms with Gasteiger partial charge in [0.2, 0.25) is 5.75 Å². The number of aryl methyl sites for hydroxylation is 1. The van der Waals surface area contributed by atoms with Gasteiger partial charge < -0.3 is 19.7 Å². The lowest BCUT2D eigenvalue weighted by molar-refractivity contribution is 0.142. The lowest BCUT2D eigenvalue weighted by Gasteiger charge is -2.14. The molecule has 0 aliphatic carbocycles. The van der Waals surface area contributed by atoms with Gasteiger partial charge in [-0.2, -0.15) is 0 Å². The first kappa shape index (κ1) is 12.2. The molecule has 0 heterocycles. The third-order valence-electron chi connectivity index (χ3n) is 2.21. The molecule has 1 aromatic rings. The van der Waals surface area contributed by atoms with Gasteiger partial charge in [0.25, 0.3) is 0 Å². The molecule has 1 rings (SSSR count). The summed E-state index contributed by atoms with van der Waals surface area (Å²) < 4.78 is 9.70. The molecule has 2 N–H and O–H groups in total. The highest BCUT2D eigenvalue weighted by Gasteiger charge is 2.17. The van der Waals surface area contributed by atoms with Gasteiger partial charge in [-0.15, -0.1) is 0 Å². The number of ether oxygens (including phenoxy) is 2. The van der Waals surface area contributed by atoms with Gasteiger partial charge >= 0.3 is 6.16 Å². The molecule has 0 spiro atoms. The van der Waals surface area contributed by atoms with Crippen LogP contribution in [0.1, 0.15) is 18.1 Å². The van der Waals surface area contributed by atoms with Crippen LogP contribution in [-0.2, 0) is 0 Å². The van der Waals surface area contributed by atoms with E-state index < -0.39 is 6.16 Å². The van der Waals surface area contributed by atoms with Crippen molar-refractivity contribution in [3.8, 4) is 17.2 Å². The van der Waals surface area contributed by atoms with Gasteiger partial charge in [0.15, 0.2) is 11.5 Å². The van der Waals surface area contributed by atoms with Gasteiger partial charge in [-0.25, -0.2) is 4.79 Å². The second kappa shape index (κ2) is 4.74. The third kappa shape index (κ3) is 2.36. The van der Waals surface area contributed by atoms with E-state index in [0.29, 0.717) is 6.61 Å². The second-order valence-electron chi connectivity index (χ2n) is 3.30. The molecule has 0 amide bonds. The van der Waals surface area contributed by atoms with E-state index in [4.69, 9.17) is 9.84 Å². The number of aromatic hydroxyl groups is 1. The monoisotopic (exact) mass is 226 g/mol. The quantitative estimate of drug-likeness (QED) is 0.611. The Morgan fingerprint density at radius 1 is 1.44 bits per heavy atom. The minimum Gasteiger partial charge on any atom is -0.502 e. The molecule has 0 bridgehead atoms. The minimum absolute atomic E-state index is 0.112. The summed E-state index contributed by atoms with van der Waals surface area (Å²) in [4.78, 5) is 10.4. The number of rotatable bonds is 3. The number of carbonyl (C=O) groups is 1. The van der Waals surface area contributed by atoms with Crippen molar-refractivity contribution in [3.63, 3.8) is 0 Å². The summed E-state index contributed by atoms with van der Waals surface area (Å²) in [6, 6.07) is 1.46. The van der Waals surface area contributed by atoms with Crippen molar-refractivity contribution in [1.82, 2.24) is 0 Å². The predicted molar refractivity (Wildman–Crippen MR) is 57.4 cm³/mol. The van der Waals surface area contributed by atoms with Crippen LogP contribution in [0, 0.1) is 13.8 Å². The standard InChI is InChI=1S/C11H14O5/c1-4-15-10-7(3)6(2)5-8(9(10)12)16-11(13)14/h5,12H,4H2,1-3H3,(H,13,14). The molecule has 5 nitrogen and oxygen atoms in total. The second-order valence-corrected chi connectivity index (χ2v) is 3.30. The minimum atomic E-state index is -1.47. The van der Waals surface area contributed by atoms with Gasteiger partial charge in [-0.1, -0.05) is 0 Å². The molecule has 0 aromatic heterocycles. The Kier molecular flexibility index (Phi) is 3.60. The SMILES string of the molecule is CCOc1c(C)c(C)cc(OC(=O)O)c1O. The maximum Gasteiger partial charge on any atom is 0.511 e. The fourth-order valence-corrected chi connectivity index (χ4v) is 1.33. The van der Waals surface area contributed by atoms with Crippen molar-refractivity contribution in [3.05, 3.63) is 17.2 Å². The highest BCUT2D eigenvalue weighted by atomic mass is 16.7. The Balaban J connectivity index is 3.26. The molecule has 16 heavy (non-hydrogen) atoms. The maximum absolute atomic E-state index is 10.4. The highest BCUT2D eigenvalue weighted by molar-refractivity contribution is 5.66. The third-order valence-corrected chi connectivity index (χ3v) is 2.21. The zero-order chi connectivity index (χ0) is 12.3. The maximum atomic E-state index is 10.4. The van der Waals surface area contributed by atoms with Crippen LogP contribution in [0.25, 0.3) is 0 Å². The zero-order valence-electron chi connectivity index (χ0n) is 9.40. The molecule has 0 fully saturated rings. The number of hydrogen-bond acceptors (Lipinski definition) is 4. The Hall–Kier alpha value is -1.91. The van der Waals surface area contributed by atoms with Crippen LogP contribution in [0.5, 0.6) is 17.2 Å². The lowest BCUT2D eigenvalue weighted by Crippen LogP contribution is -2.05. The first-order valence-corrected chi connectivity index (χ1v) is 4.84. The molecule has 0 aliphatic rings. The summed E-state index contributed by atoms with van der Waals surface area (Å²) in [5.74, 6) is -0.134. The Morgan fingerprint density at radius 2 is 2.06 bits per heavy atom. The number of phenolic OH excluding ortho intramolecular Hbond substituents is 1. The van der Waals surface area contributed by atoms with Crippen molar-refractivity contribution in [2.75, 3.05) is 6.61 Å². The molecule has 5 heteroatoms. The average Bonchev–Trinajstić information content (AvgIpc) is 2.20. The summed E-state index contributed by atoms with van der Waals surface area (Å²) in [6.45, 7) is 5.72. The average molecular weight is 226 g/mol. The van der Waals surface area contributed by atoms with Crippen molar-refractivity contribution in [2.45, 2.75) is 20.8 Å². The number of benzene rings is 1. The first-order valence-electron chi connectivity index (χ1n) is 4.84. The number of carboxylic acid groups (broad SMARTS) is 1. The molecule has 0 saturated heterocycles. The molecule has 0 atom stereocenters. The Labute approximate surface area is 93.2 Å². The summed E-state index contributed by atoms with van der Waals surface area (Å²) >= 11 is 0. The van der Waals surface area contributed by atoms with Crippen LogP contribution in [-0.4, -0.2) is 23.0 Å². The smallest absolute Gasteiger partial charge is 0.502 e. The van der Waals surface area contributed by atoms with E-state index in [1.54, 1.807) is 20.8 Å². The Bertz CT molecular complexity index is 411. The van der Waals surface area contributed by atoms with Gasteiger partial charge in [-0.05, 0) is 38.0 Å². The summed E-state index contributed by atoms with van der Waals surface area (Å²) in [7, 11) is 0. The Morgan fingerprint density at radius 3 is 2.56 bits per heavy atom. The van der Waals surface area contributed by atoms with Crippen LogP contribution in [0.4, 0.5) is 4.79 Å². The summed E-state index contributed by atoms with van der Waals surface area (Å²) in [5.41, 5.74) is 1.55. The van der Waals surface area contributed by atoms with Crippen LogP contribution in [0.2, 0.25) is 0 Å². The van der Waals surface area contributed by atoms with E-state index in [2.05, 4.69) is 4.74 Å². The molecule has 0 aliphatic heterocycles. The van der Waals surface area contributed by atoms with Gasteiger partial charge in [0, 0.05) is 0 Å². The molecule has 88 valence electrons. The zero-order valence-corrected chi connectivity index (χ0v) is 9.40. The number of phenols is 1. The van der Waals surface area contributed by atoms with Crippen molar-refractivity contribution in [2.24, 2.45) is 0 Å². The summed E-state index contributed by atoms with van der Waals surface area (Å²) in [6.07, 6.45) is -1.47. The molecule has 0 unspecified atom stereocenters. The van der Waals surface area contributed by atoms with Crippen LogP contribution < -0.4 is 9.47 Å². The van der Waals surface area contributed by atoms with E-state index in [1.807, 2.05) is 0 Å². The summed E-state index contributed by atoms with van der Waals surface area (Å²) in [5, 5.41) is 18.3. The number of hydrogen-bond donors (Lipinski definition) is 2. The normalized spacial score (nSPS) is 9.94. The van der Waals surface area contributed by atoms with Crippen molar-refractivity contribution >= 4 is 6.16 Å². The lowest BCUT2D eigenvalue weighted by atomic mass is 10.1. The van der Waals surface area contributed by atoms with Gasteiger partial charge in [-0.3, -0.25) is 0 Å². The van der Waals surface area contributed by atoms with Crippen LogP contribution in [0.15, 0.2) is 6.07 Å². The topological polar surface area (TPSA) is 76.0 Å². The van der Waals surface area contributed by atoms with E-state index in [-0.39, 0.29) is 17.2 Å². The molecular weight excluding hydrogens is 212 g/mol. The van der Waals surface area contributed by atoms with E-state index >= 15 is 0 Å². The van der Waals surface area contributed by atoms with E-state index in [1.165, 1.54) is 6.07 Å². The molecular formula is C11H14O5. The van der Waals surface area contributed by atoms with E-state index in [9.17, 15) is 9.90 Å². The first-order chi connectivity index (χ1) is 7.47. The van der Waals surface area contributed by atoms with Crippen LogP contribution in [0.3, 0.4) is 0 Å². The van der Waals surface area contributed by atoms with Crippen molar-refractivity contribution < 1.29 is 24.5 Å². The van der Waals surface area contributed by atoms with Gasteiger partial charge in [0.05, 0.1) is 6.61 Å². The van der Waals surface area contributed by atoms with Crippen LogP contribution >= 0.6 is 0 Å². The van der Waals surface area contributed by atoms with Crippen molar-refractivity contribution in [1.29, 1.82) is 0 Å². The fraction of sp³-hybridized carbons (Fsp3) is 0.364. The highest BCUT2D eigenvalue weighted by Crippen LogP contribution is 2.40. The molecule has 1 aromatic carbocycles. The molecule has 0 radical (unpaired) electrons. The van der Waals surface area contributed by atoms with Gasteiger partial charge in [0.1, 0.15) is 0 Å². The van der Waals surface area contributed by atoms with E-state index in [0.717, 1.165) is 11.1 Å². The molecule has 0 saturated carbocycles. The largest absolute Gasteiger partial charge is 0.511 e. The predicted octanol–water partition coefficient (Wildman–Crippen LogP) is 2.46. The fourth-order valence-electron chi connectivity index (χ4n) is 1.33.